The number of anilines is 1. The maximum absolute atomic E-state index is 13.0. The summed E-state index contributed by atoms with van der Waals surface area (Å²) in [7, 11) is -2.14. The first kappa shape index (κ1) is 21.2. The van der Waals surface area contributed by atoms with Gasteiger partial charge < -0.3 is 20.5 Å². The predicted octanol–water partition coefficient (Wildman–Crippen LogP) is 1.03. The van der Waals surface area contributed by atoms with E-state index in [-0.39, 0.29) is 23.9 Å². The van der Waals surface area contributed by atoms with E-state index in [1.54, 1.807) is 32.0 Å². The van der Waals surface area contributed by atoms with E-state index in [1.807, 2.05) is 0 Å². The van der Waals surface area contributed by atoms with Crippen LogP contribution in [0.25, 0.3) is 0 Å². The second-order valence-electron chi connectivity index (χ2n) is 8.06. The molecular weight excluding hydrogens is 422 g/mol. The summed E-state index contributed by atoms with van der Waals surface area (Å²) in [5.41, 5.74) is 6.97. The number of rotatable bonds is 3. The van der Waals surface area contributed by atoms with Gasteiger partial charge in [0.1, 0.15) is 21.8 Å². The zero-order valence-electron chi connectivity index (χ0n) is 17.4. The number of amides is 1. The normalized spacial score (nSPS) is 23.5. The summed E-state index contributed by atoms with van der Waals surface area (Å²) in [5.74, 6) is -0.360. The van der Waals surface area contributed by atoms with Crippen molar-refractivity contribution in [3.05, 3.63) is 47.4 Å². The smallest absolute Gasteiger partial charge is 0.275 e. The molecule has 1 atom stereocenters. The molecule has 1 unspecified atom stereocenters. The summed E-state index contributed by atoms with van der Waals surface area (Å²) >= 11 is 0. The number of sulfone groups is 1. The Bertz CT molecular complexity index is 1180. The predicted molar refractivity (Wildman–Crippen MR) is 114 cm³/mol. The third kappa shape index (κ3) is 3.53. The number of benzene rings is 1. The highest BCUT2D eigenvalue weighted by Crippen LogP contribution is 2.42. The molecule has 1 amide bonds. The van der Waals surface area contributed by atoms with Gasteiger partial charge in [0.15, 0.2) is 9.84 Å². The van der Waals surface area contributed by atoms with Gasteiger partial charge in [0.05, 0.1) is 38.5 Å². The second-order valence-corrected chi connectivity index (χ2v) is 10.6. The van der Waals surface area contributed by atoms with Crippen molar-refractivity contribution in [2.75, 3.05) is 24.8 Å². The highest BCUT2D eigenvalue weighted by Gasteiger charge is 2.52. The van der Waals surface area contributed by atoms with Crippen molar-refractivity contribution in [1.82, 2.24) is 9.97 Å². The van der Waals surface area contributed by atoms with Crippen molar-refractivity contribution >= 4 is 27.3 Å². The molecule has 3 heterocycles. The van der Waals surface area contributed by atoms with Crippen molar-refractivity contribution in [3.63, 3.8) is 0 Å². The zero-order valence-corrected chi connectivity index (χ0v) is 18.2. The van der Waals surface area contributed by atoms with E-state index in [0.717, 1.165) is 5.56 Å². The monoisotopic (exact) mass is 445 g/mol. The van der Waals surface area contributed by atoms with E-state index in [9.17, 15) is 13.2 Å². The van der Waals surface area contributed by atoms with Gasteiger partial charge in [0.2, 0.25) is 5.88 Å². The molecule has 0 fully saturated rings. The number of aliphatic imine (C=N–C) groups is 1. The summed E-state index contributed by atoms with van der Waals surface area (Å²) in [6, 6.07) is 5.21. The molecule has 11 heteroatoms. The first-order valence-corrected chi connectivity index (χ1v) is 11.2. The van der Waals surface area contributed by atoms with Gasteiger partial charge >= 0.3 is 0 Å². The molecule has 10 nitrogen and oxygen atoms in total. The lowest BCUT2D eigenvalue weighted by molar-refractivity contribution is 0.0610. The fraction of sp³-hybridized carbons (Fsp3) is 0.400. The van der Waals surface area contributed by atoms with E-state index in [4.69, 9.17) is 15.2 Å². The van der Waals surface area contributed by atoms with Crippen LogP contribution in [0.2, 0.25) is 0 Å². The van der Waals surface area contributed by atoms with Crippen LogP contribution in [0.5, 0.6) is 5.88 Å². The van der Waals surface area contributed by atoms with E-state index in [0.29, 0.717) is 23.7 Å². The quantitative estimate of drug-likeness (QED) is 0.712. The number of carbonyl (C=O) groups excluding carboxylic acids is 1. The topological polar surface area (TPSA) is 146 Å². The lowest BCUT2D eigenvalue weighted by Crippen LogP contribution is -2.57. The molecule has 0 saturated carbocycles. The number of hydrogen-bond acceptors (Lipinski definition) is 9. The first-order valence-electron chi connectivity index (χ1n) is 9.55. The van der Waals surface area contributed by atoms with Crippen LogP contribution in [0.1, 0.15) is 35.5 Å². The van der Waals surface area contributed by atoms with Crippen LogP contribution in [0.3, 0.4) is 0 Å². The molecule has 0 aliphatic carbocycles. The van der Waals surface area contributed by atoms with Crippen molar-refractivity contribution in [2.45, 2.75) is 30.7 Å². The highest BCUT2D eigenvalue weighted by atomic mass is 32.2. The number of fused-ring (bicyclic) bond motifs is 2. The lowest BCUT2D eigenvalue weighted by Gasteiger charge is -2.42. The van der Waals surface area contributed by atoms with Crippen molar-refractivity contribution in [1.29, 1.82) is 0 Å². The van der Waals surface area contributed by atoms with Gasteiger partial charge in [0.25, 0.3) is 5.91 Å². The average Bonchev–Trinajstić information content (AvgIpc) is 2.73. The Labute approximate surface area is 179 Å². The zero-order chi connectivity index (χ0) is 22.4. The van der Waals surface area contributed by atoms with E-state index >= 15 is 0 Å². The number of carbonyl (C=O) groups is 1. The first-order chi connectivity index (χ1) is 14.6. The van der Waals surface area contributed by atoms with Gasteiger partial charge in [-0.2, -0.15) is 0 Å². The van der Waals surface area contributed by atoms with Crippen LogP contribution in [-0.2, 0) is 26.7 Å². The third-order valence-electron chi connectivity index (χ3n) is 5.70. The fourth-order valence-corrected chi connectivity index (χ4v) is 5.28. The van der Waals surface area contributed by atoms with E-state index < -0.39 is 26.0 Å². The van der Waals surface area contributed by atoms with Gasteiger partial charge in [-0.1, -0.05) is 6.07 Å². The minimum Gasteiger partial charge on any atom is -0.480 e. The molecule has 2 aliphatic rings. The molecule has 1 aromatic heterocycles. The van der Waals surface area contributed by atoms with Gasteiger partial charge in [0, 0.05) is 5.69 Å². The summed E-state index contributed by atoms with van der Waals surface area (Å²) in [5, 5.41) is 2.76. The fourth-order valence-electron chi connectivity index (χ4n) is 3.62. The molecule has 164 valence electrons. The Morgan fingerprint density at radius 2 is 2.03 bits per heavy atom. The summed E-state index contributed by atoms with van der Waals surface area (Å²) in [6.45, 7) is 3.49. The Morgan fingerprint density at radius 3 is 2.68 bits per heavy atom. The number of nitrogens with zero attached hydrogens (tertiary/aromatic N) is 3. The minimum atomic E-state index is -3.60. The molecule has 0 saturated heterocycles. The SMILES string of the molecule is COc1cnc(C(=O)Nc2ccc3c(c2)C2(COC3)CS(=O)(=O)C(C)(C)C(N)=N2)cn1. The third-order valence-corrected chi connectivity index (χ3v) is 8.32. The van der Waals surface area contributed by atoms with Crippen LogP contribution in [0.4, 0.5) is 5.69 Å². The Kier molecular flexibility index (Phi) is 4.97. The number of hydrogen-bond donors (Lipinski definition) is 2. The molecule has 1 spiro atoms. The second kappa shape index (κ2) is 7.27. The van der Waals surface area contributed by atoms with Crippen LogP contribution in [-0.4, -0.2) is 54.3 Å². The lowest BCUT2D eigenvalue weighted by atomic mass is 9.86. The molecule has 2 aromatic rings. The van der Waals surface area contributed by atoms with Crippen molar-refractivity contribution in [2.24, 2.45) is 10.7 Å². The molecule has 31 heavy (non-hydrogen) atoms. The van der Waals surface area contributed by atoms with Gasteiger partial charge in [-0.25, -0.2) is 18.4 Å². The number of nitrogens with one attached hydrogen (secondary N) is 1. The van der Waals surface area contributed by atoms with E-state index in [2.05, 4.69) is 20.3 Å². The van der Waals surface area contributed by atoms with Crippen LogP contribution >= 0.6 is 0 Å². The number of nitrogens with two attached hydrogens (primary N) is 1. The van der Waals surface area contributed by atoms with Crippen LogP contribution in [0.15, 0.2) is 35.6 Å². The van der Waals surface area contributed by atoms with Crippen LogP contribution < -0.4 is 15.8 Å². The molecule has 0 radical (unpaired) electrons. The maximum atomic E-state index is 13.0. The van der Waals surface area contributed by atoms with E-state index in [1.165, 1.54) is 19.5 Å². The minimum absolute atomic E-state index is 0.0399. The molecule has 3 N–H and O–H groups in total. The standard InChI is InChI=1S/C20H23N5O5S/c1-19(2)18(21)25-20(11-31(19,27)28)10-30-9-12-4-5-13(6-14(12)20)24-17(26)15-7-23-16(29-3)8-22-15/h4-8H,9-11H2,1-3H3,(H2,21,25)(H,24,26). The summed E-state index contributed by atoms with van der Waals surface area (Å²) in [6.07, 6.45) is 2.66. The van der Waals surface area contributed by atoms with Crippen molar-refractivity contribution in [3.8, 4) is 5.88 Å². The molecular formula is C20H23N5O5S. The van der Waals surface area contributed by atoms with Crippen LogP contribution in [0, 0.1) is 0 Å². The number of methoxy groups -OCH3 is 1. The Balaban J connectivity index is 1.70. The summed E-state index contributed by atoms with van der Waals surface area (Å²) < 4.78 is 35.3. The number of amidine groups is 1. The van der Waals surface area contributed by atoms with Gasteiger partial charge in [-0.15, -0.1) is 0 Å². The number of ether oxygens (including phenoxy) is 2. The average molecular weight is 446 g/mol. The largest absolute Gasteiger partial charge is 0.480 e. The Morgan fingerprint density at radius 1 is 1.26 bits per heavy atom. The van der Waals surface area contributed by atoms with Gasteiger partial charge in [-0.05, 0) is 37.1 Å². The summed E-state index contributed by atoms with van der Waals surface area (Å²) in [4.78, 5) is 25.2. The Hall–Kier alpha value is -3.05. The highest BCUT2D eigenvalue weighted by molar-refractivity contribution is 7.93. The van der Waals surface area contributed by atoms with Gasteiger partial charge in [-0.3, -0.25) is 9.79 Å². The molecule has 2 aliphatic heterocycles. The number of aromatic nitrogens is 2. The maximum Gasteiger partial charge on any atom is 0.275 e. The van der Waals surface area contributed by atoms with Crippen molar-refractivity contribution < 1.29 is 22.7 Å². The molecule has 1 aromatic carbocycles. The molecule has 0 bridgehead atoms. The molecule has 4 rings (SSSR count).